The first-order chi connectivity index (χ1) is 13.1. The van der Waals surface area contributed by atoms with E-state index in [1.807, 2.05) is 34.6 Å². The Bertz CT molecular complexity index is 1000. The molecule has 0 saturated heterocycles. The molecular weight excluding hydrogens is 370 g/mol. The fourth-order valence-corrected chi connectivity index (χ4v) is 3.62. The normalized spacial score (nSPS) is 11.8. The molecule has 28 heavy (non-hydrogen) atoms. The Morgan fingerprint density at radius 2 is 1.79 bits per heavy atom. The van der Waals surface area contributed by atoms with Crippen LogP contribution in [0.15, 0.2) is 29.4 Å². The lowest BCUT2D eigenvalue weighted by Crippen LogP contribution is -2.41. The molecule has 0 aliphatic rings. The molecule has 0 aliphatic carbocycles. The number of amides is 1. The molecule has 0 spiro atoms. The van der Waals surface area contributed by atoms with E-state index in [1.165, 1.54) is 22.9 Å². The molecule has 3 rings (SSSR count). The number of nitrogens with zero attached hydrogens (tertiary/aromatic N) is 4. The number of carbonyl (C=O) groups excluding carboxylic acids is 1. The summed E-state index contributed by atoms with van der Waals surface area (Å²) in [5, 5.41) is 8.07. The maximum atomic E-state index is 12.0. The maximum absolute atomic E-state index is 12.0. The molecule has 2 heterocycles. The van der Waals surface area contributed by atoms with Crippen molar-refractivity contribution >= 4 is 23.4 Å². The second-order valence-electron chi connectivity index (χ2n) is 8.12. The van der Waals surface area contributed by atoms with Gasteiger partial charge in [-0.25, -0.2) is 9.50 Å². The molecule has 0 unspecified atom stereocenters. The maximum Gasteiger partial charge on any atom is 0.253 e. The highest BCUT2D eigenvalue weighted by atomic mass is 32.2. The van der Waals surface area contributed by atoms with Gasteiger partial charge in [0.05, 0.1) is 5.75 Å². The average molecular weight is 398 g/mol. The van der Waals surface area contributed by atoms with Crippen LogP contribution in [0, 0.1) is 20.8 Å². The zero-order chi connectivity index (χ0) is 20.5. The van der Waals surface area contributed by atoms with Crippen molar-refractivity contribution in [2.75, 3.05) is 5.75 Å². The lowest BCUT2D eigenvalue weighted by Gasteiger charge is -2.19. The minimum atomic E-state index is -0.246. The Labute approximate surface area is 170 Å². The molecule has 0 saturated carbocycles. The number of aromatic nitrogens is 4. The third-order valence-electron chi connectivity index (χ3n) is 4.38. The Morgan fingerprint density at radius 3 is 2.43 bits per heavy atom. The van der Waals surface area contributed by atoms with Gasteiger partial charge in [-0.05, 0) is 52.7 Å². The van der Waals surface area contributed by atoms with Crippen LogP contribution in [0.25, 0.3) is 5.78 Å². The van der Waals surface area contributed by atoms with E-state index in [0.717, 1.165) is 23.4 Å². The van der Waals surface area contributed by atoms with Crippen molar-refractivity contribution in [1.29, 1.82) is 0 Å². The van der Waals surface area contributed by atoms with Gasteiger partial charge in [-0.3, -0.25) is 4.79 Å². The minimum Gasteiger partial charge on any atom is -0.351 e. The van der Waals surface area contributed by atoms with Gasteiger partial charge in [0.2, 0.25) is 11.1 Å². The van der Waals surface area contributed by atoms with Crippen molar-refractivity contribution in [3.8, 4) is 0 Å². The van der Waals surface area contributed by atoms with Crippen LogP contribution in [0.2, 0.25) is 0 Å². The molecule has 2 aromatic heterocycles. The topological polar surface area (TPSA) is 72.2 Å². The molecule has 0 atom stereocenters. The number of benzene rings is 1. The molecule has 1 N–H and O–H groups in total. The second kappa shape index (κ2) is 7.91. The van der Waals surface area contributed by atoms with Crippen LogP contribution in [0.3, 0.4) is 0 Å². The second-order valence-corrected chi connectivity index (χ2v) is 9.06. The molecule has 1 aromatic carbocycles. The number of carbonyl (C=O) groups is 1. The van der Waals surface area contributed by atoms with Gasteiger partial charge in [0.15, 0.2) is 0 Å². The fourth-order valence-electron chi connectivity index (χ4n) is 3.00. The first-order valence-corrected chi connectivity index (χ1v) is 10.3. The summed E-state index contributed by atoms with van der Waals surface area (Å²) in [7, 11) is 0. The molecule has 0 aliphatic heterocycles. The molecule has 1 amide bonds. The van der Waals surface area contributed by atoms with Gasteiger partial charge in [-0.1, -0.05) is 41.6 Å². The predicted octanol–water partition coefficient (Wildman–Crippen LogP) is 3.65. The first kappa shape index (κ1) is 20.3. The monoisotopic (exact) mass is 397 g/mol. The molecule has 0 bridgehead atoms. The molecule has 3 aromatic rings. The van der Waals surface area contributed by atoms with Crippen molar-refractivity contribution < 1.29 is 4.79 Å². The van der Waals surface area contributed by atoms with Crippen LogP contribution < -0.4 is 5.32 Å². The van der Waals surface area contributed by atoms with E-state index < -0.39 is 0 Å². The summed E-state index contributed by atoms with van der Waals surface area (Å²) in [5.41, 5.74) is 5.39. The van der Waals surface area contributed by atoms with Gasteiger partial charge < -0.3 is 5.32 Å². The van der Waals surface area contributed by atoms with Gasteiger partial charge in [0.1, 0.15) is 0 Å². The summed E-state index contributed by atoms with van der Waals surface area (Å²) < 4.78 is 1.78. The molecular formula is C21H27N5OS. The highest BCUT2D eigenvalue weighted by Gasteiger charge is 2.17. The van der Waals surface area contributed by atoms with E-state index >= 15 is 0 Å². The summed E-state index contributed by atoms with van der Waals surface area (Å²) in [5.74, 6) is 0.821. The zero-order valence-electron chi connectivity index (χ0n) is 17.3. The largest absolute Gasteiger partial charge is 0.351 e. The predicted molar refractivity (Wildman–Crippen MR) is 113 cm³/mol. The summed E-state index contributed by atoms with van der Waals surface area (Å²) in [6.07, 6.45) is 0.803. The van der Waals surface area contributed by atoms with Crippen molar-refractivity contribution in [2.45, 2.75) is 58.7 Å². The van der Waals surface area contributed by atoms with Gasteiger partial charge in [0, 0.05) is 23.3 Å². The van der Waals surface area contributed by atoms with Crippen molar-refractivity contribution in [1.82, 2.24) is 24.9 Å². The number of rotatable bonds is 5. The highest BCUT2D eigenvalue weighted by molar-refractivity contribution is 7.99. The van der Waals surface area contributed by atoms with E-state index in [1.54, 1.807) is 4.52 Å². The van der Waals surface area contributed by atoms with Crippen molar-refractivity contribution in [2.24, 2.45) is 0 Å². The van der Waals surface area contributed by atoms with E-state index in [4.69, 9.17) is 0 Å². The van der Waals surface area contributed by atoms with Crippen LogP contribution >= 0.6 is 11.8 Å². The van der Waals surface area contributed by atoms with Gasteiger partial charge >= 0.3 is 0 Å². The number of hydrogen-bond donors (Lipinski definition) is 1. The van der Waals surface area contributed by atoms with Gasteiger partial charge in [-0.2, -0.15) is 4.98 Å². The Morgan fingerprint density at radius 1 is 1.11 bits per heavy atom. The van der Waals surface area contributed by atoms with Gasteiger partial charge in [-0.15, -0.1) is 5.10 Å². The van der Waals surface area contributed by atoms with Crippen LogP contribution in [0.1, 0.15) is 48.8 Å². The SMILES string of the molecule is Cc1ccc(Cc2c(C)nc3nc(SCC(=O)NC(C)(C)C)nn3c2C)cc1. The van der Waals surface area contributed by atoms with E-state index in [-0.39, 0.29) is 17.2 Å². The van der Waals surface area contributed by atoms with E-state index in [0.29, 0.717) is 10.9 Å². The third-order valence-corrected chi connectivity index (χ3v) is 5.22. The van der Waals surface area contributed by atoms with Gasteiger partial charge in [0.25, 0.3) is 5.78 Å². The summed E-state index contributed by atoms with van der Waals surface area (Å²) in [6.45, 7) is 12.0. The molecule has 7 heteroatoms. The molecule has 0 radical (unpaired) electrons. The first-order valence-electron chi connectivity index (χ1n) is 9.34. The quantitative estimate of drug-likeness (QED) is 0.666. The molecule has 6 nitrogen and oxygen atoms in total. The van der Waals surface area contributed by atoms with Crippen molar-refractivity contribution in [3.63, 3.8) is 0 Å². The number of nitrogens with one attached hydrogen (secondary N) is 1. The third kappa shape index (κ3) is 4.90. The number of aryl methyl sites for hydroxylation is 3. The van der Waals surface area contributed by atoms with Crippen LogP contribution in [0.4, 0.5) is 0 Å². The highest BCUT2D eigenvalue weighted by Crippen LogP contribution is 2.21. The summed E-state index contributed by atoms with van der Waals surface area (Å²) in [4.78, 5) is 21.2. The summed E-state index contributed by atoms with van der Waals surface area (Å²) >= 11 is 1.33. The lowest BCUT2D eigenvalue weighted by molar-refractivity contribution is -0.119. The Balaban J connectivity index is 1.81. The standard InChI is InChI=1S/C21H27N5OS/c1-13-7-9-16(10-8-13)11-17-14(2)22-19-23-20(25-26(19)15(17)3)28-12-18(27)24-21(4,5)6/h7-10H,11-12H2,1-6H3,(H,24,27). The average Bonchev–Trinajstić information content (AvgIpc) is 3.00. The lowest BCUT2D eigenvalue weighted by atomic mass is 10.0. The number of hydrogen-bond acceptors (Lipinski definition) is 5. The smallest absolute Gasteiger partial charge is 0.253 e. The van der Waals surface area contributed by atoms with Crippen LogP contribution in [-0.4, -0.2) is 36.8 Å². The number of fused-ring (bicyclic) bond motifs is 1. The number of thioether (sulfide) groups is 1. The van der Waals surface area contributed by atoms with Crippen molar-refractivity contribution in [3.05, 3.63) is 52.3 Å². The molecule has 148 valence electrons. The fraction of sp³-hybridized carbons (Fsp3) is 0.429. The van der Waals surface area contributed by atoms with E-state index in [9.17, 15) is 4.79 Å². The minimum absolute atomic E-state index is 0.0303. The Hall–Kier alpha value is -2.41. The summed E-state index contributed by atoms with van der Waals surface area (Å²) in [6, 6.07) is 8.54. The zero-order valence-corrected chi connectivity index (χ0v) is 18.1. The van der Waals surface area contributed by atoms with Crippen LogP contribution in [0.5, 0.6) is 0 Å². The molecule has 0 fully saturated rings. The van der Waals surface area contributed by atoms with Crippen LogP contribution in [-0.2, 0) is 11.2 Å². The Kier molecular flexibility index (Phi) is 5.74. The van der Waals surface area contributed by atoms with E-state index in [2.05, 4.69) is 51.6 Å².